The molecule has 0 bridgehead atoms. The van der Waals surface area contributed by atoms with Crippen molar-refractivity contribution in [3.05, 3.63) is 0 Å². The molecule has 0 spiro atoms. The van der Waals surface area contributed by atoms with Crippen molar-refractivity contribution in [2.24, 2.45) is 0 Å². The molecule has 0 heterocycles. The predicted octanol–water partition coefficient (Wildman–Crippen LogP) is 4.40. The highest BCUT2D eigenvalue weighted by Crippen LogP contribution is 2.44. The minimum absolute atomic E-state index is 0.360. The summed E-state index contributed by atoms with van der Waals surface area (Å²) in [5.74, 6) is 0. The summed E-state index contributed by atoms with van der Waals surface area (Å²) in [5.41, 5.74) is 0. The van der Waals surface area contributed by atoms with Crippen molar-refractivity contribution in [3.63, 3.8) is 0 Å². The lowest BCUT2D eigenvalue weighted by Gasteiger charge is -2.36. The van der Waals surface area contributed by atoms with Crippen LogP contribution >= 0.6 is 11.1 Å². The second-order valence-electron chi connectivity index (χ2n) is 4.32. The Morgan fingerprint density at radius 1 is 1.18 bits per heavy atom. The molecule has 0 radical (unpaired) electrons. The van der Waals surface area contributed by atoms with Crippen molar-refractivity contribution in [1.29, 1.82) is 0 Å². The fourth-order valence-electron chi connectivity index (χ4n) is 1.48. The third kappa shape index (κ3) is 2.79. The molecule has 0 amide bonds. The maximum absolute atomic E-state index is 6.64. The first-order valence-electron chi connectivity index (χ1n) is 4.56. The van der Waals surface area contributed by atoms with Crippen LogP contribution in [0.25, 0.3) is 0 Å². The fraction of sp³-hybridized carbons (Fsp3) is 1.00. The summed E-state index contributed by atoms with van der Waals surface area (Å²) < 4.78 is 0. The molecule has 11 heavy (non-hydrogen) atoms. The Kier molecular flexibility index (Phi) is 4.13. The second kappa shape index (κ2) is 3.95. The van der Waals surface area contributed by atoms with E-state index in [-0.39, 0.29) is 0 Å². The van der Waals surface area contributed by atoms with Crippen molar-refractivity contribution in [2.75, 3.05) is 0 Å². The van der Waals surface area contributed by atoms with Gasteiger partial charge in [-0.15, -0.1) is 0 Å². The standard InChI is InChI=1S/C9H21ClSi/c1-6-8-11(10,7-2)9(3,4)5/h6-8H2,1-5H3. The Bertz CT molecular complexity index is 117. The summed E-state index contributed by atoms with van der Waals surface area (Å²) in [7, 11) is -1.45. The molecular weight excluding hydrogens is 172 g/mol. The van der Waals surface area contributed by atoms with Gasteiger partial charge in [-0.2, -0.15) is 11.1 Å². The molecule has 0 N–H and O–H groups in total. The van der Waals surface area contributed by atoms with Crippen LogP contribution in [0, 0.1) is 0 Å². The highest BCUT2D eigenvalue weighted by atomic mass is 35.6. The lowest BCUT2D eigenvalue weighted by Crippen LogP contribution is -2.36. The van der Waals surface area contributed by atoms with Gasteiger partial charge in [0.2, 0.25) is 0 Å². The molecule has 0 saturated carbocycles. The number of hydrogen-bond acceptors (Lipinski definition) is 0. The van der Waals surface area contributed by atoms with Crippen LogP contribution in [0.15, 0.2) is 0 Å². The third-order valence-electron chi connectivity index (χ3n) is 2.55. The third-order valence-corrected chi connectivity index (χ3v) is 10.7. The van der Waals surface area contributed by atoms with Crippen LogP contribution in [0.1, 0.15) is 41.0 Å². The van der Waals surface area contributed by atoms with E-state index in [0.29, 0.717) is 5.04 Å². The lowest BCUT2D eigenvalue weighted by molar-refractivity contribution is 0.714. The van der Waals surface area contributed by atoms with Gasteiger partial charge >= 0.3 is 0 Å². The summed E-state index contributed by atoms with van der Waals surface area (Å²) >= 11 is 6.64. The predicted molar refractivity (Wildman–Crippen MR) is 56.9 cm³/mol. The molecule has 0 saturated heterocycles. The molecule has 0 aromatic carbocycles. The first-order valence-corrected chi connectivity index (χ1v) is 7.99. The van der Waals surface area contributed by atoms with Gasteiger partial charge < -0.3 is 0 Å². The molecule has 68 valence electrons. The number of hydrogen-bond donors (Lipinski definition) is 0. The maximum atomic E-state index is 6.64. The van der Waals surface area contributed by atoms with Crippen molar-refractivity contribution in [3.8, 4) is 0 Å². The molecule has 1 unspecified atom stereocenters. The first-order chi connectivity index (χ1) is 4.87. The highest BCUT2D eigenvalue weighted by Gasteiger charge is 2.40. The number of halogens is 1. The van der Waals surface area contributed by atoms with E-state index < -0.39 is 7.38 Å². The molecule has 0 aromatic heterocycles. The van der Waals surface area contributed by atoms with Gasteiger partial charge in [0.15, 0.2) is 7.38 Å². The van der Waals surface area contributed by atoms with Gasteiger partial charge in [0.05, 0.1) is 0 Å². The van der Waals surface area contributed by atoms with E-state index in [9.17, 15) is 0 Å². The first kappa shape index (κ1) is 11.5. The van der Waals surface area contributed by atoms with Crippen molar-refractivity contribution < 1.29 is 0 Å². The zero-order valence-corrected chi connectivity index (χ0v) is 10.3. The average Bonchev–Trinajstić information content (AvgIpc) is 1.86. The van der Waals surface area contributed by atoms with Gasteiger partial charge in [-0.3, -0.25) is 0 Å². The van der Waals surface area contributed by atoms with Crippen LogP contribution < -0.4 is 0 Å². The zero-order valence-electron chi connectivity index (χ0n) is 8.50. The van der Waals surface area contributed by atoms with Gasteiger partial charge in [0, 0.05) is 0 Å². The summed E-state index contributed by atoms with van der Waals surface area (Å²) in [4.78, 5) is 0. The van der Waals surface area contributed by atoms with E-state index in [4.69, 9.17) is 11.1 Å². The quantitative estimate of drug-likeness (QED) is 0.460. The molecule has 0 rings (SSSR count). The summed E-state index contributed by atoms with van der Waals surface area (Å²) in [6, 6.07) is 2.46. The lowest BCUT2D eigenvalue weighted by atomic mass is 10.2. The molecule has 0 fully saturated rings. The average molecular weight is 193 g/mol. The van der Waals surface area contributed by atoms with E-state index in [0.717, 1.165) is 0 Å². The molecule has 0 aliphatic rings. The zero-order chi connectivity index (χ0) is 9.12. The van der Waals surface area contributed by atoms with Crippen LogP contribution in [-0.2, 0) is 0 Å². The molecule has 0 aliphatic carbocycles. The molecule has 1 atom stereocenters. The topological polar surface area (TPSA) is 0 Å². The van der Waals surface area contributed by atoms with E-state index >= 15 is 0 Å². The monoisotopic (exact) mass is 192 g/mol. The van der Waals surface area contributed by atoms with Crippen molar-refractivity contribution in [2.45, 2.75) is 58.2 Å². The van der Waals surface area contributed by atoms with E-state index in [1.54, 1.807) is 0 Å². The van der Waals surface area contributed by atoms with Crippen LogP contribution in [0.3, 0.4) is 0 Å². The van der Waals surface area contributed by atoms with Gasteiger partial charge in [-0.05, 0) is 17.1 Å². The van der Waals surface area contributed by atoms with Crippen LogP contribution in [0.2, 0.25) is 17.1 Å². The van der Waals surface area contributed by atoms with E-state index in [1.807, 2.05) is 0 Å². The van der Waals surface area contributed by atoms with E-state index in [1.165, 1.54) is 18.5 Å². The van der Waals surface area contributed by atoms with Gasteiger partial charge in [-0.1, -0.05) is 41.0 Å². The van der Waals surface area contributed by atoms with Gasteiger partial charge in [0.25, 0.3) is 0 Å². The largest absolute Gasteiger partial charge is 0.166 e. The Labute approximate surface area is 77.0 Å². The van der Waals surface area contributed by atoms with E-state index in [2.05, 4.69) is 34.6 Å². The van der Waals surface area contributed by atoms with Crippen LogP contribution in [-0.4, -0.2) is 7.38 Å². The second-order valence-corrected chi connectivity index (χ2v) is 11.1. The van der Waals surface area contributed by atoms with Crippen molar-refractivity contribution in [1.82, 2.24) is 0 Å². The Morgan fingerprint density at radius 2 is 1.64 bits per heavy atom. The molecular formula is C9H21ClSi. The summed E-state index contributed by atoms with van der Waals surface area (Å²) in [6.07, 6.45) is 1.24. The Morgan fingerprint density at radius 3 is 1.73 bits per heavy atom. The molecule has 2 heteroatoms. The maximum Gasteiger partial charge on any atom is 0.161 e. The van der Waals surface area contributed by atoms with Crippen molar-refractivity contribution >= 4 is 18.5 Å². The van der Waals surface area contributed by atoms with Gasteiger partial charge in [-0.25, -0.2) is 0 Å². The summed E-state index contributed by atoms with van der Waals surface area (Å²) in [6.45, 7) is 11.3. The molecule has 0 aromatic rings. The van der Waals surface area contributed by atoms with Crippen LogP contribution in [0.5, 0.6) is 0 Å². The van der Waals surface area contributed by atoms with Gasteiger partial charge in [0.1, 0.15) is 0 Å². The van der Waals surface area contributed by atoms with Crippen LogP contribution in [0.4, 0.5) is 0 Å². The highest BCUT2D eigenvalue weighted by molar-refractivity contribution is 7.21. The minimum atomic E-state index is -1.45. The molecule has 0 nitrogen and oxygen atoms in total. The summed E-state index contributed by atoms with van der Waals surface area (Å²) in [5, 5.41) is 0.360. The Hall–Kier alpha value is 0.507. The smallest absolute Gasteiger partial charge is 0.161 e. The minimum Gasteiger partial charge on any atom is -0.166 e. The normalized spacial score (nSPS) is 18.0. The number of rotatable bonds is 3. The SMILES string of the molecule is CCC[Si](Cl)(CC)C(C)(C)C. The molecule has 0 aliphatic heterocycles. The Balaban J connectivity index is 4.33. The fourth-order valence-corrected chi connectivity index (χ4v) is 5.00.